The molecule has 1 aromatic carbocycles. The van der Waals surface area contributed by atoms with Crippen molar-refractivity contribution in [3.8, 4) is 0 Å². The van der Waals surface area contributed by atoms with E-state index < -0.39 is 35.9 Å². The third-order valence-electron chi connectivity index (χ3n) is 3.86. The largest absolute Gasteiger partial charge is 0.471 e. The Labute approximate surface area is 140 Å². The minimum absolute atomic E-state index is 0.0182. The number of benzene rings is 1. The molecule has 0 N–H and O–H groups in total. The highest BCUT2D eigenvalue weighted by Gasteiger charge is 2.39. The molecular formula is C17H15F5N2O. The summed E-state index contributed by atoms with van der Waals surface area (Å²) in [4.78, 5) is 7.91. The number of ether oxygens (including phenoxy) is 1. The number of aliphatic imine (C=N–C) groups is 1. The van der Waals surface area contributed by atoms with Crippen LogP contribution in [0.5, 0.6) is 0 Å². The lowest BCUT2D eigenvalue weighted by Crippen LogP contribution is -2.39. The maximum atomic E-state index is 13.7. The molecule has 0 radical (unpaired) electrons. The van der Waals surface area contributed by atoms with Gasteiger partial charge in [-0.05, 0) is 32.0 Å². The van der Waals surface area contributed by atoms with E-state index in [0.717, 1.165) is 6.07 Å². The Hall–Kier alpha value is -2.25. The van der Waals surface area contributed by atoms with Gasteiger partial charge in [0.2, 0.25) is 5.90 Å². The van der Waals surface area contributed by atoms with Gasteiger partial charge in [-0.3, -0.25) is 4.98 Å². The Morgan fingerprint density at radius 2 is 1.96 bits per heavy atom. The van der Waals surface area contributed by atoms with Crippen LogP contribution in [0.25, 0.3) is 10.9 Å². The number of halogens is 5. The number of alkyl halides is 3. The number of pyridine rings is 1. The van der Waals surface area contributed by atoms with E-state index in [2.05, 4.69) is 9.98 Å². The van der Waals surface area contributed by atoms with Gasteiger partial charge in [0.25, 0.3) is 0 Å². The van der Waals surface area contributed by atoms with Crippen LogP contribution in [0, 0.1) is 11.6 Å². The van der Waals surface area contributed by atoms with Crippen LogP contribution in [0.4, 0.5) is 22.0 Å². The van der Waals surface area contributed by atoms with Gasteiger partial charge in [0.05, 0.1) is 18.0 Å². The van der Waals surface area contributed by atoms with Crippen LogP contribution in [0.3, 0.4) is 0 Å². The van der Waals surface area contributed by atoms with Crippen molar-refractivity contribution in [2.24, 2.45) is 4.99 Å². The van der Waals surface area contributed by atoms with Gasteiger partial charge in [-0.25, -0.2) is 13.8 Å². The number of fused-ring (bicyclic) bond motifs is 1. The van der Waals surface area contributed by atoms with E-state index >= 15 is 0 Å². The van der Waals surface area contributed by atoms with Gasteiger partial charge in [0, 0.05) is 18.0 Å². The van der Waals surface area contributed by atoms with E-state index in [4.69, 9.17) is 4.74 Å². The van der Waals surface area contributed by atoms with Crippen LogP contribution >= 0.6 is 0 Å². The third kappa shape index (κ3) is 3.88. The summed E-state index contributed by atoms with van der Waals surface area (Å²) in [7, 11) is 0. The van der Waals surface area contributed by atoms with Gasteiger partial charge < -0.3 is 4.74 Å². The van der Waals surface area contributed by atoms with Gasteiger partial charge in [-0.2, -0.15) is 13.2 Å². The molecule has 1 aliphatic rings. The first-order valence-electron chi connectivity index (χ1n) is 7.62. The predicted octanol–water partition coefficient (Wildman–Crippen LogP) is 4.78. The van der Waals surface area contributed by atoms with E-state index in [1.807, 2.05) is 0 Å². The van der Waals surface area contributed by atoms with Gasteiger partial charge in [-0.1, -0.05) is 0 Å². The van der Waals surface area contributed by atoms with Crippen molar-refractivity contribution in [1.29, 1.82) is 0 Å². The average Bonchev–Trinajstić information content (AvgIpc) is 2.47. The fraction of sp³-hybridized carbons (Fsp3) is 0.412. The molecule has 1 unspecified atom stereocenters. The summed E-state index contributed by atoms with van der Waals surface area (Å²) < 4.78 is 70.8. The van der Waals surface area contributed by atoms with Gasteiger partial charge in [0.15, 0.2) is 11.6 Å². The minimum atomic E-state index is -4.34. The lowest BCUT2D eigenvalue weighted by Gasteiger charge is -2.35. The molecule has 2 heterocycles. The zero-order valence-corrected chi connectivity index (χ0v) is 13.5. The summed E-state index contributed by atoms with van der Waals surface area (Å²) in [6.07, 6.45) is -4.05. The molecular weight excluding hydrogens is 343 g/mol. The van der Waals surface area contributed by atoms with Crippen molar-refractivity contribution >= 4 is 16.8 Å². The van der Waals surface area contributed by atoms with Crippen molar-refractivity contribution in [2.45, 2.75) is 44.5 Å². The van der Waals surface area contributed by atoms with Crippen molar-refractivity contribution in [3.63, 3.8) is 0 Å². The van der Waals surface area contributed by atoms with Crippen molar-refractivity contribution in [2.75, 3.05) is 0 Å². The first-order chi connectivity index (χ1) is 11.5. The highest BCUT2D eigenvalue weighted by molar-refractivity contribution is 5.97. The molecule has 0 saturated carbocycles. The molecule has 1 aliphatic heterocycles. The van der Waals surface area contributed by atoms with E-state index in [-0.39, 0.29) is 17.8 Å². The number of rotatable bonds is 2. The monoisotopic (exact) mass is 358 g/mol. The van der Waals surface area contributed by atoms with Gasteiger partial charge in [-0.15, -0.1) is 0 Å². The van der Waals surface area contributed by atoms with Gasteiger partial charge in [0.1, 0.15) is 11.1 Å². The zero-order chi connectivity index (χ0) is 18.4. The molecule has 25 heavy (non-hydrogen) atoms. The van der Waals surface area contributed by atoms with Gasteiger partial charge >= 0.3 is 6.18 Å². The number of aromatic nitrogens is 1. The van der Waals surface area contributed by atoms with Crippen LogP contribution in [-0.2, 0) is 4.74 Å². The quantitative estimate of drug-likeness (QED) is 0.724. The summed E-state index contributed by atoms with van der Waals surface area (Å²) in [5.41, 5.74) is -0.680. The summed E-state index contributed by atoms with van der Waals surface area (Å²) >= 11 is 0. The SMILES string of the molecule is CC1(C)CC(CC(F)(F)F)N=C(c2cnc3c(F)c(F)ccc3c2)O1. The highest BCUT2D eigenvalue weighted by Crippen LogP contribution is 2.33. The van der Waals surface area contributed by atoms with Crippen LogP contribution in [-0.4, -0.2) is 28.7 Å². The van der Waals surface area contributed by atoms with E-state index in [1.54, 1.807) is 13.8 Å². The van der Waals surface area contributed by atoms with E-state index in [1.165, 1.54) is 18.3 Å². The smallest absolute Gasteiger partial charge is 0.391 e. The Kier molecular flexibility index (Phi) is 4.17. The maximum absolute atomic E-state index is 13.7. The van der Waals surface area contributed by atoms with Crippen molar-refractivity contribution < 1.29 is 26.7 Å². The maximum Gasteiger partial charge on any atom is 0.391 e. The molecule has 1 aromatic heterocycles. The number of hydrogen-bond acceptors (Lipinski definition) is 3. The minimum Gasteiger partial charge on any atom is -0.471 e. The summed E-state index contributed by atoms with van der Waals surface area (Å²) in [6, 6.07) is 2.80. The Balaban J connectivity index is 2.01. The molecule has 1 atom stereocenters. The molecule has 3 rings (SSSR count). The molecule has 0 spiro atoms. The number of nitrogens with zero attached hydrogens (tertiary/aromatic N) is 2. The average molecular weight is 358 g/mol. The summed E-state index contributed by atoms with van der Waals surface area (Å²) in [5, 5.41) is 0.304. The lowest BCUT2D eigenvalue weighted by molar-refractivity contribution is -0.141. The molecule has 8 heteroatoms. The van der Waals surface area contributed by atoms with Crippen LogP contribution in [0.1, 0.15) is 32.3 Å². The third-order valence-corrected chi connectivity index (χ3v) is 3.86. The van der Waals surface area contributed by atoms with Crippen molar-refractivity contribution in [1.82, 2.24) is 4.98 Å². The fourth-order valence-electron chi connectivity index (χ4n) is 2.89. The second-order valence-electron chi connectivity index (χ2n) is 6.63. The Morgan fingerprint density at radius 3 is 2.64 bits per heavy atom. The summed E-state index contributed by atoms with van der Waals surface area (Å²) in [6.45, 7) is 3.35. The Bertz CT molecular complexity index is 845. The van der Waals surface area contributed by atoms with Crippen molar-refractivity contribution in [3.05, 3.63) is 41.6 Å². The second kappa shape index (κ2) is 5.93. The first-order valence-corrected chi connectivity index (χ1v) is 7.62. The van der Waals surface area contributed by atoms with Crippen LogP contribution in [0.2, 0.25) is 0 Å². The molecule has 134 valence electrons. The standard InChI is InChI=1S/C17H15F5N2O/c1-16(2)6-11(7-17(20,21)22)24-15(25-16)10-5-9-3-4-12(18)13(19)14(9)23-8-10/h3-5,8,11H,6-7H2,1-2H3. The molecule has 2 aromatic rings. The number of hydrogen-bond donors (Lipinski definition) is 0. The molecule has 0 bridgehead atoms. The Morgan fingerprint density at radius 1 is 1.24 bits per heavy atom. The molecule has 3 nitrogen and oxygen atoms in total. The predicted molar refractivity (Wildman–Crippen MR) is 82.4 cm³/mol. The zero-order valence-electron chi connectivity index (χ0n) is 13.5. The highest BCUT2D eigenvalue weighted by atomic mass is 19.4. The topological polar surface area (TPSA) is 34.5 Å². The van der Waals surface area contributed by atoms with Crippen LogP contribution in [0.15, 0.2) is 29.4 Å². The van der Waals surface area contributed by atoms with Crippen LogP contribution < -0.4 is 0 Å². The first kappa shape index (κ1) is 17.6. The molecule has 0 fully saturated rings. The van der Waals surface area contributed by atoms with E-state index in [9.17, 15) is 22.0 Å². The second-order valence-corrected chi connectivity index (χ2v) is 6.63. The van der Waals surface area contributed by atoms with E-state index in [0.29, 0.717) is 10.9 Å². The molecule has 0 saturated heterocycles. The lowest BCUT2D eigenvalue weighted by atomic mass is 9.95. The molecule has 0 amide bonds. The normalized spacial score (nSPS) is 20.3. The summed E-state index contributed by atoms with van der Waals surface area (Å²) in [5.74, 6) is -2.08. The fourth-order valence-corrected chi connectivity index (χ4v) is 2.89. The molecule has 0 aliphatic carbocycles.